The van der Waals surface area contributed by atoms with Crippen LogP contribution in [-0.2, 0) is 17.2 Å². The zero-order valence-corrected chi connectivity index (χ0v) is 12.0. The number of aromatic nitrogens is 1. The molecule has 1 heterocycles. The number of alkyl halides is 3. The number of rotatable bonds is 3. The molecule has 1 aromatic rings. The maximum absolute atomic E-state index is 12.4. The number of halogens is 3. The fraction of sp³-hybridized carbons (Fsp3) is 0.583. The lowest BCUT2D eigenvalue weighted by atomic mass is 10.1. The number of hydrogen-bond acceptors (Lipinski definition) is 2. The summed E-state index contributed by atoms with van der Waals surface area (Å²) >= 11 is 0. The molecule has 0 fully saturated rings. The molecule has 0 saturated heterocycles. The molecule has 1 rings (SSSR count). The second-order valence-electron chi connectivity index (χ2n) is 5.20. The first-order valence-electron chi connectivity index (χ1n) is 5.73. The van der Waals surface area contributed by atoms with Gasteiger partial charge in [0.1, 0.15) is 5.69 Å². The molecule has 0 aromatic carbocycles. The van der Waals surface area contributed by atoms with Crippen molar-refractivity contribution in [3.63, 3.8) is 0 Å². The number of nitrogens with one attached hydrogen (secondary N) is 1. The third kappa shape index (κ3) is 4.58. The third-order valence-corrected chi connectivity index (χ3v) is 4.10. The van der Waals surface area contributed by atoms with Crippen LogP contribution >= 0.6 is 0 Å². The predicted octanol–water partition coefficient (Wildman–Crippen LogP) is 3.21. The predicted molar refractivity (Wildman–Crippen MR) is 68.7 cm³/mol. The molecule has 0 spiro atoms. The Bertz CT molecular complexity index is 452. The van der Waals surface area contributed by atoms with Crippen LogP contribution in [0.4, 0.5) is 13.2 Å². The van der Waals surface area contributed by atoms with Crippen LogP contribution in [0.1, 0.15) is 45.0 Å². The molecule has 0 aliphatic rings. The van der Waals surface area contributed by atoms with Gasteiger partial charge < -0.3 is 0 Å². The van der Waals surface area contributed by atoms with Gasteiger partial charge in [0.25, 0.3) is 0 Å². The van der Waals surface area contributed by atoms with Crippen LogP contribution in [0, 0.1) is 0 Å². The topological polar surface area (TPSA) is 42.0 Å². The first-order chi connectivity index (χ1) is 8.51. The molecule has 7 heteroatoms. The highest BCUT2D eigenvalue weighted by Crippen LogP contribution is 2.28. The molecule has 0 amide bonds. The summed E-state index contributed by atoms with van der Waals surface area (Å²) in [5, 5.41) is 0. The van der Waals surface area contributed by atoms with E-state index < -0.39 is 27.6 Å². The largest absolute Gasteiger partial charge is 0.433 e. The summed E-state index contributed by atoms with van der Waals surface area (Å²) in [7, 11) is -1.29. The molecule has 2 atom stereocenters. The Morgan fingerprint density at radius 1 is 1.26 bits per heavy atom. The fourth-order valence-corrected chi connectivity index (χ4v) is 2.05. The third-order valence-electron chi connectivity index (χ3n) is 2.42. The minimum Gasteiger partial charge on any atom is -0.251 e. The lowest BCUT2D eigenvalue weighted by molar-refractivity contribution is -0.141. The number of hydrogen-bond donors (Lipinski definition) is 1. The quantitative estimate of drug-likeness (QED) is 0.930. The van der Waals surface area contributed by atoms with E-state index in [4.69, 9.17) is 0 Å². The average molecular weight is 294 g/mol. The van der Waals surface area contributed by atoms with Crippen molar-refractivity contribution in [3.8, 4) is 0 Å². The summed E-state index contributed by atoms with van der Waals surface area (Å²) in [5.41, 5.74) is -0.369. The van der Waals surface area contributed by atoms with Crippen LogP contribution in [-0.4, -0.2) is 13.9 Å². The van der Waals surface area contributed by atoms with E-state index in [1.54, 1.807) is 6.92 Å². The Hall–Kier alpha value is -0.950. The highest BCUT2D eigenvalue weighted by Gasteiger charge is 2.32. The molecular formula is C12H17F3N2OS. The van der Waals surface area contributed by atoms with E-state index in [0.29, 0.717) is 5.56 Å². The van der Waals surface area contributed by atoms with Gasteiger partial charge in [-0.1, -0.05) is 6.07 Å². The van der Waals surface area contributed by atoms with Crippen LogP contribution in [0.15, 0.2) is 18.3 Å². The Labute approximate surface area is 113 Å². The Morgan fingerprint density at radius 2 is 1.84 bits per heavy atom. The van der Waals surface area contributed by atoms with Crippen molar-refractivity contribution in [2.75, 3.05) is 0 Å². The van der Waals surface area contributed by atoms with Gasteiger partial charge in [-0.3, -0.25) is 4.98 Å². The number of nitrogens with zero attached hydrogens (tertiary/aromatic N) is 1. The van der Waals surface area contributed by atoms with E-state index in [0.717, 1.165) is 12.3 Å². The monoisotopic (exact) mass is 294 g/mol. The molecule has 2 unspecified atom stereocenters. The summed E-state index contributed by atoms with van der Waals surface area (Å²) in [5.74, 6) is 0. The summed E-state index contributed by atoms with van der Waals surface area (Å²) < 4.78 is 51.4. The zero-order valence-electron chi connectivity index (χ0n) is 11.2. The lowest BCUT2D eigenvalue weighted by Crippen LogP contribution is -2.34. The summed E-state index contributed by atoms with van der Waals surface area (Å²) in [6.45, 7) is 7.17. The van der Waals surface area contributed by atoms with Crippen LogP contribution < -0.4 is 4.72 Å². The molecule has 19 heavy (non-hydrogen) atoms. The molecule has 108 valence electrons. The molecule has 0 aliphatic carbocycles. The first-order valence-corrected chi connectivity index (χ1v) is 6.88. The maximum Gasteiger partial charge on any atom is 0.433 e. The highest BCUT2D eigenvalue weighted by molar-refractivity contribution is 7.84. The van der Waals surface area contributed by atoms with Gasteiger partial charge in [0.15, 0.2) is 0 Å². The van der Waals surface area contributed by atoms with Crippen molar-refractivity contribution in [1.29, 1.82) is 0 Å². The van der Waals surface area contributed by atoms with Crippen molar-refractivity contribution in [3.05, 3.63) is 29.6 Å². The van der Waals surface area contributed by atoms with E-state index in [-0.39, 0.29) is 6.04 Å². The SMILES string of the molecule is CC(NS(=O)C(C)(C)C)c1ccc(C(F)(F)F)nc1. The zero-order chi connectivity index (χ0) is 14.8. The van der Waals surface area contributed by atoms with Gasteiger partial charge >= 0.3 is 6.18 Å². The Kier molecular flexibility index (Phi) is 4.73. The summed E-state index contributed by atoms with van der Waals surface area (Å²) in [6, 6.07) is 1.93. The van der Waals surface area contributed by atoms with Crippen molar-refractivity contribution in [1.82, 2.24) is 9.71 Å². The molecular weight excluding hydrogens is 277 g/mol. The fourth-order valence-electron chi connectivity index (χ4n) is 1.23. The second-order valence-corrected chi connectivity index (χ2v) is 7.19. The van der Waals surface area contributed by atoms with Crippen LogP contribution in [0.25, 0.3) is 0 Å². The minimum atomic E-state index is -4.44. The second kappa shape index (κ2) is 5.58. The van der Waals surface area contributed by atoms with Gasteiger partial charge in [0.05, 0.1) is 15.7 Å². The van der Waals surface area contributed by atoms with Gasteiger partial charge in [-0.25, -0.2) is 8.93 Å². The maximum atomic E-state index is 12.4. The van der Waals surface area contributed by atoms with Crippen LogP contribution in [0.3, 0.4) is 0 Å². The van der Waals surface area contributed by atoms with Gasteiger partial charge in [-0.05, 0) is 39.3 Å². The smallest absolute Gasteiger partial charge is 0.251 e. The van der Waals surface area contributed by atoms with Gasteiger partial charge in [0, 0.05) is 12.2 Å². The summed E-state index contributed by atoms with van der Waals surface area (Å²) in [4.78, 5) is 3.38. The van der Waals surface area contributed by atoms with Crippen molar-refractivity contribution in [2.24, 2.45) is 0 Å². The van der Waals surface area contributed by atoms with Crippen LogP contribution in [0.2, 0.25) is 0 Å². The Morgan fingerprint density at radius 3 is 2.21 bits per heavy atom. The lowest BCUT2D eigenvalue weighted by Gasteiger charge is -2.22. The molecule has 1 N–H and O–H groups in total. The van der Waals surface area contributed by atoms with E-state index >= 15 is 0 Å². The first kappa shape index (κ1) is 16.1. The minimum absolute atomic E-state index is 0.338. The molecule has 3 nitrogen and oxygen atoms in total. The van der Waals surface area contributed by atoms with Crippen molar-refractivity contribution in [2.45, 2.75) is 44.7 Å². The average Bonchev–Trinajstić information content (AvgIpc) is 2.26. The van der Waals surface area contributed by atoms with Gasteiger partial charge in [-0.15, -0.1) is 0 Å². The molecule has 0 saturated carbocycles. The van der Waals surface area contributed by atoms with E-state index in [1.807, 2.05) is 20.8 Å². The van der Waals surface area contributed by atoms with E-state index in [2.05, 4.69) is 9.71 Å². The normalized spacial score (nSPS) is 16.2. The van der Waals surface area contributed by atoms with Crippen LogP contribution in [0.5, 0.6) is 0 Å². The molecule has 0 aliphatic heterocycles. The van der Waals surface area contributed by atoms with E-state index in [9.17, 15) is 17.4 Å². The molecule has 1 aromatic heterocycles. The number of pyridine rings is 1. The molecule has 0 radical (unpaired) electrons. The Balaban J connectivity index is 2.79. The highest BCUT2D eigenvalue weighted by atomic mass is 32.2. The standard InChI is InChI=1S/C12H17F3N2OS/c1-8(17-19(18)11(2,3)4)9-5-6-10(16-7-9)12(13,14)15/h5-8,17H,1-4H3. The van der Waals surface area contributed by atoms with Crippen molar-refractivity contribution >= 4 is 11.0 Å². The van der Waals surface area contributed by atoms with Gasteiger partial charge in [-0.2, -0.15) is 13.2 Å². The van der Waals surface area contributed by atoms with E-state index in [1.165, 1.54) is 6.07 Å². The van der Waals surface area contributed by atoms with Gasteiger partial charge in [0.2, 0.25) is 0 Å². The molecule has 0 bridgehead atoms. The van der Waals surface area contributed by atoms with Crippen molar-refractivity contribution < 1.29 is 17.4 Å². The summed E-state index contributed by atoms with van der Waals surface area (Å²) in [6.07, 6.45) is -3.29.